The van der Waals surface area contributed by atoms with Crippen molar-refractivity contribution in [2.24, 2.45) is 0 Å². The molecule has 0 aliphatic rings. The molecule has 184 valence electrons. The summed E-state index contributed by atoms with van der Waals surface area (Å²) in [5, 5.41) is 8.28. The van der Waals surface area contributed by atoms with E-state index in [9.17, 15) is 9.59 Å². The Morgan fingerprint density at radius 3 is 2.22 bits per heavy atom. The number of nitrogens with zero attached hydrogens (tertiary/aromatic N) is 4. The van der Waals surface area contributed by atoms with Crippen molar-refractivity contribution < 1.29 is 9.59 Å². The summed E-state index contributed by atoms with van der Waals surface area (Å²) in [6.07, 6.45) is 1.70. The molecule has 37 heavy (non-hydrogen) atoms. The van der Waals surface area contributed by atoms with Crippen molar-refractivity contribution in [3.05, 3.63) is 119 Å². The van der Waals surface area contributed by atoms with E-state index < -0.39 is 0 Å². The number of pyridine rings is 1. The maximum absolute atomic E-state index is 13.4. The summed E-state index contributed by atoms with van der Waals surface area (Å²) in [7, 11) is 3.44. The number of aromatic nitrogens is 3. The predicted octanol–water partition coefficient (Wildman–Crippen LogP) is 4.78. The third kappa shape index (κ3) is 5.26. The monoisotopic (exact) mass is 489 g/mol. The minimum absolute atomic E-state index is 0.0595. The van der Waals surface area contributed by atoms with Crippen molar-refractivity contribution in [3.63, 3.8) is 0 Å². The molecule has 0 bridgehead atoms. The first-order valence-electron chi connectivity index (χ1n) is 12.0. The minimum atomic E-state index is -0.211. The van der Waals surface area contributed by atoms with Gasteiger partial charge < -0.3 is 10.2 Å². The topological polar surface area (TPSA) is 80.1 Å². The molecule has 2 aromatic heterocycles. The van der Waals surface area contributed by atoms with Gasteiger partial charge >= 0.3 is 0 Å². The van der Waals surface area contributed by atoms with Gasteiger partial charge in [0.1, 0.15) is 0 Å². The average Bonchev–Trinajstić information content (AvgIpc) is 3.34. The Hall–Kier alpha value is -4.78. The van der Waals surface area contributed by atoms with Crippen LogP contribution in [0.5, 0.6) is 0 Å². The second kappa shape index (κ2) is 10.5. The van der Waals surface area contributed by atoms with Crippen LogP contribution in [0.25, 0.3) is 22.3 Å². The number of carbonyl (C=O) groups is 2. The maximum atomic E-state index is 13.4. The number of benzene rings is 3. The van der Waals surface area contributed by atoms with Crippen LogP contribution in [0.3, 0.4) is 0 Å². The number of rotatable bonds is 7. The Bertz CT molecular complexity index is 1540. The standard InChI is InChI=1S/C30H27N5O2/c1-34(2)30(37)24-15-13-21(14-16-24)18-31-29(36)25-17-27(23-11-7-4-8-12-23)33-28-26(25)19-32-35(28)20-22-9-5-3-6-10-22/h3-17,19H,18,20H2,1-2H3,(H,31,36). The first kappa shape index (κ1) is 23.9. The fraction of sp³-hybridized carbons (Fsp3) is 0.133. The van der Waals surface area contributed by atoms with Gasteiger partial charge in [-0.1, -0.05) is 72.8 Å². The van der Waals surface area contributed by atoms with Gasteiger partial charge in [-0.05, 0) is 29.3 Å². The van der Waals surface area contributed by atoms with Gasteiger partial charge in [-0.15, -0.1) is 0 Å². The van der Waals surface area contributed by atoms with Crippen LogP contribution in [0.4, 0.5) is 0 Å². The largest absolute Gasteiger partial charge is 0.348 e. The maximum Gasteiger partial charge on any atom is 0.253 e. The van der Waals surface area contributed by atoms with Crippen LogP contribution in [0.2, 0.25) is 0 Å². The first-order valence-corrected chi connectivity index (χ1v) is 12.0. The SMILES string of the molecule is CN(C)C(=O)c1ccc(CNC(=O)c2cc(-c3ccccc3)nc3c2cnn3Cc2ccccc2)cc1. The summed E-state index contributed by atoms with van der Waals surface area (Å²) in [4.78, 5) is 32.0. The molecule has 1 N–H and O–H groups in total. The summed E-state index contributed by atoms with van der Waals surface area (Å²) >= 11 is 0. The van der Waals surface area contributed by atoms with E-state index in [0.717, 1.165) is 16.7 Å². The molecule has 0 unspecified atom stereocenters. The lowest BCUT2D eigenvalue weighted by atomic mass is 10.1. The molecule has 0 saturated heterocycles. The highest BCUT2D eigenvalue weighted by molar-refractivity contribution is 6.06. The Labute approximate surface area is 215 Å². The fourth-order valence-corrected chi connectivity index (χ4v) is 4.17. The number of amides is 2. The molecule has 7 nitrogen and oxygen atoms in total. The van der Waals surface area contributed by atoms with E-state index >= 15 is 0 Å². The normalized spacial score (nSPS) is 10.9. The van der Waals surface area contributed by atoms with Crippen molar-refractivity contribution in [2.75, 3.05) is 14.1 Å². The number of hydrogen-bond donors (Lipinski definition) is 1. The molecule has 5 aromatic rings. The van der Waals surface area contributed by atoms with E-state index in [1.165, 1.54) is 4.90 Å². The second-order valence-corrected chi connectivity index (χ2v) is 9.03. The molecule has 0 aliphatic heterocycles. The Morgan fingerprint density at radius 1 is 0.865 bits per heavy atom. The van der Waals surface area contributed by atoms with E-state index in [1.54, 1.807) is 32.4 Å². The molecule has 2 heterocycles. The zero-order chi connectivity index (χ0) is 25.8. The number of fused-ring (bicyclic) bond motifs is 1. The predicted molar refractivity (Wildman–Crippen MR) is 144 cm³/mol. The molecule has 5 rings (SSSR count). The van der Waals surface area contributed by atoms with E-state index in [4.69, 9.17) is 4.98 Å². The molecule has 3 aromatic carbocycles. The van der Waals surface area contributed by atoms with Gasteiger partial charge in [0.2, 0.25) is 0 Å². The zero-order valence-corrected chi connectivity index (χ0v) is 20.8. The highest BCUT2D eigenvalue weighted by Gasteiger charge is 2.18. The lowest BCUT2D eigenvalue weighted by molar-refractivity contribution is 0.0827. The zero-order valence-electron chi connectivity index (χ0n) is 20.8. The highest BCUT2D eigenvalue weighted by atomic mass is 16.2. The van der Waals surface area contributed by atoms with Crippen LogP contribution >= 0.6 is 0 Å². The van der Waals surface area contributed by atoms with Crippen molar-refractivity contribution >= 4 is 22.8 Å². The Morgan fingerprint density at radius 2 is 1.54 bits per heavy atom. The van der Waals surface area contributed by atoms with Crippen LogP contribution in [-0.4, -0.2) is 45.6 Å². The average molecular weight is 490 g/mol. The third-order valence-electron chi connectivity index (χ3n) is 6.16. The first-order chi connectivity index (χ1) is 18.0. The van der Waals surface area contributed by atoms with Crippen molar-refractivity contribution in [2.45, 2.75) is 13.1 Å². The highest BCUT2D eigenvalue weighted by Crippen LogP contribution is 2.25. The lowest BCUT2D eigenvalue weighted by Crippen LogP contribution is -2.24. The summed E-state index contributed by atoms with van der Waals surface area (Å²) in [5.41, 5.74) is 5.41. The van der Waals surface area contributed by atoms with Crippen LogP contribution in [-0.2, 0) is 13.1 Å². The summed E-state index contributed by atoms with van der Waals surface area (Å²) in [5.74, 6) is -0.270. The molecule has 7 heteroatoms. The van der Waals surface area contributed by atoms with Crippen molar-refractivity contribution in [3.8, 4) is 11.3 Å². The van der Waals surface area contributed by atoms with Crippen LogP contribution < -0.4 is 5.32 Å². The van der Waals surface area contributed by atoms with Gasteiger partial charge in [-0.25, -0.2) is 9.67 Å². The van der Waals surface area contributed by atoms with E-state index in [2.05, 4.69) is 10.4 Å². The molecule has 0 fully saturated rings. The smallest absolute Gasteiger partial charge is 0.253 e. The van der Waals surface area contributed by atoms with Gasteiger partial charge in [-0.2, -0.15) is 5.10 Å². The van der Waals surface area contributed by atoms with Crippen LogP contribution in [0, 0.1) is 0 Å². The molecule has 0 saturated carbocycles. The molecule has 0 aliphatic carbocycles. The Balaban J connectivity index is 1.45. The molecule has 2 amide bonds. The number of nitrogens with one attached hydrogen (secondary N) is 1. The van der Waals surface area contributed by atoms with Gasteiger partial charge in [0.25, 0.3) is 11.8 Å². The fourth-order valence-electron chi connectivity index (χ4n) is 4.17. The number of carbonyl (C=O) groups excluding carboxylic acids is 2. The van der Waals surface area contributed by atoms with E-state index in [0.29, 0.717) is 40.9 Å². The third-order valence-corrected chi connectivity index (χ3v) is 6.16. The van der Waals surface area contributed by atoms with Gasteiger partial charge in [-0.3, -0.25) is 9.59 Å². The minimum Gasteiger partial charge on any atom is -0.348 e. The van der Waals surface area contributed by atoms with Gasteiger partial charge in [0.15, 0.2) is 5.65 Å². The lowest BCUT2D eigenvalue weighted by Gasteiger charge is -2.12. The molecular formula is C30H27N5O2. The summed E-state index contributed by atoms with van der Waals surface area (Å²) in [6.45, 7) is 0.882. The molecule has 0 spiro atoms. The van der Waals surface area contributed by atoms with E-state index in [-0.39, 0.29) is 11.8 Å². The molecular weight excluding hydrogens is 462 g/mol. The van der Waals surface area contributed by atoms with Crippen LogP contribution in [0.1, 0.15) is 31.8 Å². The second-order valence-electron chi connectivity index (χ2n) is 9.03. The number of hydrogen-bond acceptors (Lipinski definition) is 4. The van der Waals surface area contributed by atoms with Gasteiger partial charge in [0.05, 0.1) is 29.4 Å². The quantitative estimate of drug-likeness (QED) is 0.357. The molecule has 0 radical (unpaired) electrons. The Kier molecular flexibility index (Phi) is 6.76. The van der Waals surface area contributed by atoms with Gasteiger partial charge in [0, 0.05) is 31.8 Å². The summed E-state index contributed by atoms with van der Waals surface area (Å²) in [6, 6.07) is 28.9. The summed E-state index contributed by atoms with van der Waals surface area (Å²) < 4.78 is 1.83. The van der Waals surface area contributed by atoms with Crippen molar-refractivity contribution in [1.29, 1.82) is 0 Å². The van der Waals surface area contributed by atoms with Crippen LogP contribution in [0.15, 0.2) is 97.2 Å². The van der Waals surface area contributed by atoms with E-state index in [1.807, 2.05) is 83.5 Å². The van der Waals surface area contributed by atoms with Crippen molar-refractivity contribution in [1.82, 2.24) is 25.0 Å². The molecule has 0 atom stereocenters.